The number of hydrogen-bond acceptors (Lipinski definition) is 5. The Labute approximate surface area is 113 Å². The summed E-state index contributed by atoms with van der Waals surface area (Å²) in [5, 5.41) is 10.2. The summed E-state index contributed by atoms with van der Waals surface area (Å²) in [5.74, 6) is 0.107. The van der Waals surface area contributed by atoms with Crippen molar-refractivity contribution in [2.24, 2.45) is 0 Å². The number of carbonyl (C=O) groups is 1. The van der Waals surface area contributed by atoms with E-state index in [0.717, 1.165) is 21.9 Å². The van der Waals surface area contributed by atoms with Gasteiger partial charge in [0.05, 0.1) is 0 Å². The normalized spacial score (nSPS) is 10.7. The Kier molecular flexibility index (Phi) is 3.79. The SMILES string of the molecule is CCn1cnnc1NC(=O)Cn1c(C)c(C)sc1=O. The molecule has 1 amide bonds. The highest BCUT2D eigenvalue weighted by molar-refractivity contribution is 7.09. The average molecular weight is 281 g/mol. The van der Waals surface area contributed by atoms with Gasteiger partial charge in [0.25, 0.3) is 0 Å². The molecule has 0 fully saturated rings. The van der Waals surface area contributed by atoms with Gasteiger partial charge in [-0.25, -0.2) is 0 Å². The smallest absolute Gasteiger partial charge is 0.300 e. The molecule has 0 saturated heterocycles. The third-order valence-electron chi connectivity index (χ3n) is 2.88. The molecule has 2 aromatic rings. The first kappa shape index (κ1) is 13.5. The Hall–Kier alpha value is -1.96. The van der Waals surface area contributed by atoms with Gasteiger partial charge < -0.3 is 4.57 Å². The Morgan fingerprint density at radius 1 is 1.47 bits per heavy atom. The van der Waals surface area contributed by atoms with Gasteiger partial charge in [-0.3, -0.25) is 19.5 Å². The van der Waals surface area contributed by atoms with E-state index >= 15 is 0 Å². The van der Waals surface area contributed by atoms with Gasteiger partial charge in [-0.2, -0.15) is 0 Å². The van der Waals surface area contributed by atoms with Gasteiger partial charge in [0.1, 0.15) is 12.9 Å². The van der Waals surface area contributed by atoms with Crippen LogP contribution in [-0.4, -0.2) is 25.2 Å². The van der Waals surface area contributed by atoms with Crippen LogP contribution in [0.2, 0.25) is 0 Å². The highest BCUT2D eigenvalue weighted by Crippen LogP contribution is 2.09. The molecule has 0 atom stereocenters. The minimum absolute atomic E-state index is 0.00835. The molecule has 19 heavy (non-hydrogen) atoms. The molecule has 2 aromatic heterocycles. The van der Waals surface area contributed by atoms with Crippen LogP contribution in [0.3, 0.4) is 0 Å². The minimum atomic E-state index is -0.286. The summed E-state index contributed by atoms with van der Waals surface area (Å²) in [5.41, 5.74) is 0.821. The van der Waals surface area contributed by atoms with E-state index in [9.17, 15) is 9.59 Å². The monoisotopic (exact) mass is 281 g/mol. The summed E-state index contributed by atoms with van der Waals surface area (Å²) in [7, 11) is 0. The van der Waals surface area contributed by atoms with Crippen LogP contribution in [0.5, 0.6) is 0 Å². The first-order valence-electron chi connectivity index (χ1n) is 5.87. The number of anilines is 1. The molecular formula is C11H15N5O2S. The molecule has 0 bridgehead atoms. The third kappa shape index (κ3) is 2.73. The lowest BCUT2D eigenvalue weighted by atomic mass is 10.4. The lowest BCUT2D eigenvalue weighted by molar-refractivity contribution is -0.116. The van der Waals surface area contributed by atoms with Crippen molar-refractivity contribution in [3.63, 3.8) is 0 Å². The second kappa shape index (κ2) is 5.35. The molecule has 102 valence electrons. The first-order valence-corrected chi connectivity index (χ1v) is 6.69. The largest absolute Gasteiger partial charge is 0.308 e. The topological polar surface area (TPSA) is 81.8 Å². The Morgan fingerprint density at radius 2 is 2.21 bits per heavy atom. The molecule has 7 nitrogen and oxygen atoms in total. The fraction of sp³-hybridized carbons (Fsp3) is 0.455. The Balaban J connectivity index is 2.12. The van der Waals surface area contributed by atoms with Crippen LogP contribution in [0, 0.1) is 13.8 Å². The lowest BCUT2D eigenvalue weighted by Crippen LogP contribution is -2.26. The summed E-state index contributed by atoms with van der Waals surface area (Å²) in [6.07, 6.45) is 1.54. The van der Waals surface area contributed by atoms with Crippen molar-refractivity contribution in [2.75, 3.05) is 5.32 Å². The zero-order valence-corrected chi connectivity index (χ0v) is 11.8. The van der Waals surface area contributed by atoms with E-state index in [1.807, 2.05) is 20.8 Å². The first-order chi connectivity index (χ1) is 9.02. The molecule has 1 N–H and O–H groups in total. The summed E-state index contributed by atoms with van der Waals surface area (Å²) in [6.45, 7) is 6.28. The number of nitrogens with zero attached hydrogens (tertiary/aromatic N) is 4. The number of nitrogens with one attached hydrogen (secondary N) is 1. The molecule has 0 spiro atoms. The number of carbonyl (C=O) groups excluding carboxylic acids is 1. The van der Waals surface area contributed by atoms with Gasteiger partial charge >= 0.3 is 4.87 Å². The predicted molar refractivity (Wildman–Crippen MR) is 72.4 cm³/mol. The lowest BCUT2D eigenvalue weighted by Gasteiger charge is -2.07. The van der Waals surface area contributed by atoms with E-state index in [2.05, 4.69) is 15.5 Å². The van der Waals surface area contributed by atoms with E-state index < -0.39 is 0 Å². The fourth-order valence-electron chi connectivity index (χ4n) is 1.66. The van der Waals surface area contributed by atoms with Gasteiger partial charge in [0.15, 0.2) is 0 Å². The van der Waals surface area contributed by atoms with Crippen molar-refractivity contribution in [3.05, 3.63) is 26.6 Å². The summed E-state index contributed by atoms with van der Waals surface area (Å²) >= 11 is 1.15. The predicted octanol–water partition coefficient (Wildman–Crippen LogP) is 0.777. The van der Waals surface area contributed by atoms with E-state index in [-0.39, 0.29) is 17.3 Å². The van der Waals surface area contributed by atoms with Gasteiger partial charge in [-0.1, -0.05) is 11.3 Å². The molecule has 0 aliphatic rings. The number of hydrogen-bond donors (Lipinski definition) is 1. The molecule has 0 unspecified atom stereocenters. The summed E-state index contributed by atoms with van der Waals surface area (Å²) in [6, 6.07) is 0. The van der Waals surface area contributed by atoms with E-state index in [4.69, 9.17) is 0 Å². The van der Waals surface area contributed by atoms with Crippen molar-refractivity contribution in [2.45, 2.75) is 33.9 Å². The fourth-order valence-corrected chi connectivity index (χ4v) is 2.49. The van der Waals surface area contributed by atoms with Crippen LogP contribution >= 0.6 is 11.3 Å². The molecular weight excluding hydrogens is 266 g/mol. The zero-order chi connectivity index (χ0) is 14.0. The van der Waals surface area contributed by atoms with Gasteiger partial charge in [0.2, 0.25) is 11.9 Å². The summed E-state index contributed by atoms with van der Waals surface area (Å²) < 4.78 is 3.17. The number of aryl methyl sites for hydroxylation is 2. The molecule has 0 aliphatic heterocycles. The maximum Gasteiger partial charge on any atom is 0.308 e. The summed E-state index contributed by atoms with van der Waals surface area (Å²) in [4.78, 5) is 24.4. The van der Waals surface area contributed by atoms with Gasteiger partial charge in [-0.15, -0.1) is 10.2 Å². The number of rotatable bonds is 4. The Morgan fingerprint density at radius 3 is 2.79 bits per heavy atom. The van der Waals surface area contributed by atoms with Crippen molar-refractivity contribution in [1.82, 2.24) is 19.3 Å². The van der Waals surface area contributed by atoms with Crippen molar-refractivity contribution >= 4 is 23.2 Å². The standard InChI is InChI=1S/C11H15N5O2S/c1-4-15-6-12-14-10(15)13-9(17)5-16-7(2)8(3)19-11(16)18/h6H,4-5H2,1-3H3,(H,13,14,17). The molecule has 0 aliphatic carbocycles. The van der Waals surface area contributed by atoms with Crippen molar-refractivity contribution in [3.8, 4) is 0 Å². The number of aromatic nitrogens is 4. The van der Waals surface area contributed by atoms with Crippen molar-refractivity contribution in [1.29, 1.82) is 0 Å². The van der Waals surface area contributed by atoms with Gasteiger partial charge in [0, 0.05) is 17.1 Å². The third-order valence-corrected chi connectivity index (χ3v) is 3.88. The van der Waals surface area contributed by atoms with Crippen molar-refractivity contribution < 1.29 is 4.79 Å². The molecule has 2 rings (SSSR count). The second-order valence-electron chi connectivity index (χ2n) is 4.08. The minimum Gasteiger partial charge on any atom is -0.300 e. The number of amides is 1. The van der Waals surface area contributed by atoms with Crippen LogP contribution in [0.15, 0.2) is 11.1 Å². The van der Waals surface area contributed by atoms with E-state index in [0.29, 0.717) is 12.5 Å². The average Bonchev–Trinajstić information content (AvgIpc) is 2.89. The highest BCUT2D eigenvalue weighted by Gasteiger charge is 2.13. The molecule has 2 heterocycles. The van der Waals surface area contributed by atoms with Crippen LogP contribution < -0.4 is 10.2 Å². The van der Waals surface area contributed by atoms with Gasteiger partial charge in [-0.05, 0) is 20.8 Å². The zero-order valence-electron chi connectivity index (χ0n) is 11.0. The van der Waals surface area contributed by atoms with Crippen LogP contribution in [-0.2, 0) is 17.9 Å². The second-order valence-corrected chi connectivity index (χ2v) is 5.25. The van der Waals surface area contributed by atoms with Crippen LogP contribution in [0.25, 0.3) is 0 Å². The van der Waals surface area contributed by atoms with E-state index in [1.165, 1.54) is 4.57 Å². The quantitative estimate of drug-likeness (QED) is 0.897. The molecule has 8 heteroatoms. The molecule has 0 aromatic carbocycles. The Bertz CT molecular complexity index is 654. The highest BCUT2D eigenvalue weighted by atomic mass is 32.1. The van der Waals surface area contributed by atoms with E-state index in [1.54, 1.807) is 10.9 Å². The van der Waals surface area contributed by atoms with Crippen LogP contribution in [0.1, 0.15) is 17.5 Å². The molecule has 0 saturated carbocycles. The maximum atomic E-state index is 11.9. The van der Waals surface area contributed by atoms with Crippen LogP contribution in [0.4, 0.5) is 5.95 Å². The maximum absolute atomic E-state index is 11.9. The molecule has 0 radical (unpaired) electrons. The number of thiazole rings is 1.